The third-order valence-electron chi connectivity index (χ3n) is 5.99. The average Bonchev–Trinajstić information content (AvgIpc) is 3.35. The molecule has 0 radical (unpaired) electrons. The third-order valence-corrected chi connectivity index (χ3v) is 7.15. The predicted octanol–water partition coefficient (Wildman–Crippen LogP) is 3.05. The molecule has 2 N–H and O–H groups in total. The molecule has 32 heavy (non-hydrogen) atoms. The van der Waals surface area contributed by atoms with Gasteiger partial charge in [-0.2, -0.15) is 10.4 Å². The normalized spacial score (nSPS) is 18.6. The van der Waals surface area contributed by atoms with Gasteiger partial charge in [0.1, 0.15) is 17.7 Å². The molecule has 1 aliphatic rings. The lowest BCUT2D eigenvalue weighted by molar-refractivity contribution is -0.0103. The van der Waals surface area contributed by atoms with Crippen molar-refractivity contribution in [2.45, 2.75) is 43.4 Å². The van der Waals surface area contributed by atoms with Crippen LogP contribution in [0.1, 0.15) is 29.5 Å². The van der Waals surface area contributed by atoms with Crippen LogP contribution in [0.3, 0.4) is 0 Å². The van der Waals surface area contributed by atoms with Gasteiger partial charge in [0.05, 0.1) is 23.1 Å². The summed E-state index contributed by atoms with van der Waals surface area (Å²) in [5.41, 5.74) is 3.33. The number of H-pyrrole nitrogens is 1. The molecule has 2 aromatic carbocycles. The highest BCUT2D eigenvalue weighted by Gasteiger charge is 2.30. The first-order valence-corrected chi connectivity index (χ1v) is 12.2. The van der Waals surface area contributed by atoms with Gasteiger partial charge in [0.25, 0.3) is 0 Å². The molecule has 1 saturated carbocycles. The second kappa shape index (κ2) is 7.36. The van der Waals surface area contributed by atoms with E-state index in [1.54, 1.807) is 29.1 Å². The second-order valence-electron chi connectivity index (χ2n) is 8.39. The van der Waals surface area contributed by atoms with E-state index >= 15 is 0 Å². The number of rotatable bonds is 5. The maximum absolute atomic E-state index is 12.5. The largest absolute Gasteiger partial charge is 0.486 e. The summed E-state index contributed by atoms with van der Waals surface area (Å²) in [4.78, 5) is 3.46. The molecule has 2 heterocycles. The first kappa shape index (κ1) is 20.5. The van der Waals surface area contributed by atoms with Gasteiger partial charge < -0.3 is 14.8 Å². The summed E-state index contributed by atoms with van der Waals surface area (Å²) in [6, 6.07) is 9.21. The molecule has 164 valence electrons. The van der Waals surface area contributed by atoms with E-state index in [9.17, 15) is 18.8 Å². The van der Waals surface area contributed by atoms with E-state index in [0.29, 0.717) is 35.2 Å². The van der Waals surface area contributed by atoms with Gasteiger partial charge in [0.15, 0.2) is 15.6 Å². The van der Waals surface area contributed by atoms with Crippen molar-refractivity contribution in [3.63, 3.8) is 0 Å². The van der Waals surface area contributed by atoms with Crippen LogP contribution in [0.2, 0.25) is 0 Å². The summed E-state index contributed by atoms with van der Waals surface area (Å²) in [6.45, 7) is 2.12. The molecule has 0 unspecified atom stereocenters. The van der Waals surface area contributed by atoms with Crippen molar-refractivity contribution in [2.24, 2.45) is 0 Å². The predicted molar refractivity (Wildman–Crippen MR) is 119 cm³/mol. The van der Waals surface area contributed by atoms with Crippen LogP contribution in [0.4, 0.5) is 0 Å². The Morgan fingerprint density at radius 2 is 2.12 bits per heavy atom. The fourth-order valence-corrected chi connectivity index (χ4v) is 5.31. The van der Waals surface area contributed by atoms with E-state index in [1.807, 2.05) is 19.2 Å². The van der Waals surface area contributed by atoms with Gasteiger partial charge in [-0.1, -0.05) is 0 Å². The van der Waals surface area contributed by atoms with Crippen molar-refractivity contribution in [1.82, 2.24) is 14.8 Å². The number of aliphatic hydroxyl groups is 1. The molecule has 0 spiro atoms. The smallest absolute Gasteiger partial charge is 0.175 e. The molecule has 4 aromatic rings. The Balaban J connectivity index is 1.61. The molecular formula is C23H22N4O4S. The van der Waals surface area contributed by atoms with Crippen molar-refractivity contribution >= 4 is 31.6 Å². The number of nitrogens with zero attached hydrogens (tertiary/aromatic N) is 3. The standard InChI is InChI=1S/C23H22N4O4S/c1-13-7-20(32(2,29)30)19(18-5-6-25-21(13)18)12-27-11-15-4-3-14(10-24)23(22(15)26-27)31-17-8-16(28)9-17/h3-7,11,16-17,25,28H,8-9,12H2,1-2H3. The Bertz CT molecular complexity index is 1500. The van der Waals surface area contributed by atoms with Crippen molar-refractivity contribution < 1.29 is 18.3 Å². The molecule has 0 amide bonds. The minimum Gasteiger partial charge on any atom is -0.486 e. The zero-order valence-electron chi connectivity index (χ0n) is 17.7. The number of aliphatic hydroxyl groups excluding tert-OH is 1. The summed E-state index contributed by atoms with van der Waals surface area (Å²) >= 11 is 0. The van der Waals surface area contributed by atoms with Gasteiger partial charge in [0.2, 0.25) is 0 Å². The molecule has 1 fully saturated rings. The summed E-state index contributed by atoms with van der Waals surface area (Å²) in [6.07, 6.45) is 5.35. The van der Waals surface area contributed by atoms with Crippen molar-refractivity contribution in [2.75, 3.05) is 6.26 Å². The highest BCUT2D eigenvalue weighted by Crippen LogP contribution is 2.34. The first-order chi connectivity index (χ1) is 15.2. The number of hydrogen-bond donors (Lipinski definition) is 2. The number of ether oxygens (including phenoxy) is 1. The minimum absolute atomic E-state index is 0.152. The highest BCUT2D eigenvalue weighted by atomic mass is 32.2. The monoisotopic (exact) mass is 450 g/mol. The number of aryl methyl sites for hydroxylation is 1. The number of fused-ring (bicyclic) bond motifs is 2. The van der Waals surface area contributed by atoms with Crippen molar-refractivity contribution in [3.05, 3.63) is 53.3 Å². The maximum atomic E-state index is 12.5. The SMILES string of the molecule is Cc1cc(S(C)(=O)=O)c(Cn2cc3ccc(C#N)c(OC4CC(O)C4)c3n2)c2cc[nH]c12. The number of nitrogens with one attached hydrogen (secondary N) is 1. The zero-order chi connectivity index (χ0) is 22.6. The summed E-state index contributed by atoms with van der Waals surface area (Å²) in [5.74, 6) is 0.402. The molecule has 1 aliphatic carbocycles. The highest BCUT2D eigenvalue weighted by molar-refractivity contribution is 7.90. The molecule has 0 bridgehead atoms. The fraction of sp³-hybridized carbons (Fsp3) is 0.304. The van der Waals surface area contributed by atoms with E-state index in [4.69, 9.17) is 4.74 Å². The number of sulfone groups is 1. The molecule has 9 heteroatoms. The third kappa shape index (κ3) is 3.42. The van der Waals surface area contributed by atoms with Gasteiger partial charge in [-0.25, -0.2) is 8.42 Å². The molecule has 2 aromatic heterocycles. The van der Waals surface area contributed by atoms with E-state index in [1.165, 1.54) is 6.26 Å². The molecule has 5 rings (SSSR count). The molecular weight excluding hydrogens is 428 g/mol. The number of hydrogen-bond acceptors (Lipinski definition) is 6. The minimum atomic E-state index is -3.46. The van der Waals surface area contributed by atoms with Crippen LogP contribution in [-0.2, 0) is 16.4 Å². The number of aromatic amines is 1. The Labute approximate surface area is 185 Å². The Kier molecular flexibility index (Phi) is 4.73. The Morgan fingerprint density at radius 1 is 1.34 bits per heavy atom. The molecule has 0 aliphatic heterocycles. The van der Waals surface area contributed by atoms with Crippen LogP contribution in [0, 0.1) is 18.3 Å². The molecule has 0 saturated heterocycles. The first-order valence-electron chi connectivity index (χ1n) is 10.3. The number of aromatic nitrogens is 3. The molecule has 0 atom stereocenters. The van der Waals surface area contributed by atoms with Gasteiger partial charge in [-0.15, -0.1) is 0 Å². The van der Waals surface area contributed by atoms with Crippen LogP contribution in [0.5, 0.6) is 5.75 Å². The van der Waals surface area contributed by atoms with Gasteiger partial charge in [0, 0.05) is 53.3 Å². The lowest BCUT2D eigenvalue weighted by atomic mass is 9.92. The van der Waals surface area contributed by atoms with E-state index < -0.39 is 9.84 Å². The fourth-order valence-electron chi connectivity index (χ4n) is 4.29. The van der Waals surface area contributed by atoms with Crippen LogP contribution >= 0.6 is 0 Å². The summed E-state index contributed by atoms with van der Waals surface area (Å²) in [7, 11) is -3.46. The second-order valence-corrected chi connectivity index (χ2v) is 10.4. The van der Waals surface area contributed by atoms with Gasteiger partial charge in [-0.05, 0) is 36.8 Å². The lowest BCUT2D eigenvalue weighted by Crippen LogP contribution is -2.37. The van der Waals surface area contributed by atoms with Gasteiger partial charge in [-0.3, -0.25) is 4.68 Å². The van der Waals surface area contributed by atoms with E-state index in [-0.39, 0.29) is 23.6 Å². The van der Waals surface area contributed by atoms with Crippen LogP contribution in [0.25, 0.3) is 21.8 Å². The quantitative estimate of drug-likeness (QED) is 0.482. The van der Waals surface area contributed by atoms with Crippen molar-refractivity contribution in [1.29, 1.82) is 5.26 Å². The summed E-state index contributed by atoms with van der Waals surface area (Å²) in [5, 5.41) is 25.4. The van der Waals surface area contributed by atoms with E-state index in [0.717, 1.165) is 21.9 Å². The maximum Gasteiger partial charge on any atom is 0.175 e. The zero-order valence-corrected chi connectivity index (χ0v) is 18.5. The topological polar surface area (TPSA) is 121 Å². The summed E-state index contributed by atoms with van der Waals surface area (Å²) < 4.78 is 32.8. The average molecular weight is 451 g/mol. The number of benzene rings is 2. The Morgan fingerprint density at radius 3 is 2.81 bits per heavy atom. The lowest BCUT2D eigenvalue weighted by Gasteiger charge is -2.31. The van der Waals surface area contributed by atoms with Crippen LogP contribution in [-0.4, -0.2) is 46.8 Å². The van der Waals surface area contributed by atoms with Crippen molar-refractivity contribution in [3.8, 4) is 11.8 Å². The van der Waals surface area contributed by atoms with Gasteiger partial charge >= 0.3 is 0 Å². The Hall–Kier alpha value is -3.35. The molecule has 8 nitrogen and oxygen atoms in total. The van der Waals surface area contributed by atoms with Crippen LogP contribution < -0.4 is 4.74 Å². The number of nitriles is 1. The van der Waals surface area contributed by atoms with Crippen LogP contribution in [0.15, 0.2) is 41.6 Å². The van der Waals surface area contributed by atoms with E-state index in [2.05, 4.69) is 16.2 Å².